The van der Waals surface area contributed by atoms with Gasteiger partial charge < -0.3 is 10.7 Å². The Hall–Kier alpha value is -2.29. The molecule has 0 radical (unpaired) electrons. The average molecular weight is 263 g/mol. The second-order valence-corrected chi connectivity index (χ2v) is 5.59. The fourth-order valence-electron chi connectivity index (χ4n) is 3.05. The molecule has 1 aromatic heterocycles. The summed E-state index contributed by atoms with van der Waals surface area (Å²) in [5.41, 5.74) is 13.0. The van der Waals surface area contributed by atoms with E-state index in [1.807, 2.05) is 12.1 Å². The zero-order chi connectivity index (χ0) is 13.5. The van der Waals surface area contributed by atoms with Crippen LogP contribution in [0.15, 0.2) is 36.4 Å². The van der Waals surface area contributed by atoms with Crippen LogP contribution in [-0.2, 0) is 19.3 Å². The number of hydrogen-bond acceptors (Lipinski definition) is 2. The summed E-state index contributed by atoms with van der Waals surface area (Å²) in [6.45, 7) is 0. The Bertz CT molecular complexity index is 728. The number of nitrogens with one attached hydrogen (secondary N) is 1. The van der Waals surface area contributed by atoms with Crippen molar-refractivity contribution in [3.8, 4) is 0 Å². The first-order valence-corrected chi connectivity index (χ1v) is 7.13. The number of benzene rings is 2. The smallest absolute Gasteiger partial charge is 0.111 e. The van der Waals surface area contributed by atoms with E-state index >= 15 is 0 Å². The maximum Gasteiger partial charge on any atom is 0.111 e. The molecule has 1 aliphatic carbocycles. The van der Waals surface area contributed by atoms with E-state index in [-0.39, 0.29) is 0 Å². The molecule has 0 atom stereocenters. The number of rotatable bonds is 2. The van der Waals surface area contributed by atoms with Crippen LogP contribution in [-0.4, -0.2) is 9.97 Å². The number of hydrogen-bond donors (Lipinski definition) is 2. The van der Waals surface area contributed by atoms with Crippen molar-refractivity contribution in [1.82, 2.24) is 9.97 Å². The number of anilines is 1. The molecular formula is C17H17N3. The highest BCUT2D eigenvalue weighted by Gasteiger charge is 2.13. The molecule has 1 heterocycles. The van der Waals surface area contributed by atoms with Crippen molar-refractivity contribution in [2.75, 3.05) is 5.73 Å². The van der Waals surface area contributed by atoms with Crippen molar-refractivity contribution in [3.05, 3.63) is 58.9 Å². The highest BCUT2D eigenvalue weighted by molar-refractivity contribution is 5.77. The quantitative estimate of drug-likeness (QED) is 0.697. The molecule has 0 saturated carbocycles. The molecule has 0 unspecified atom stereocenters. The third-order valence-corrected chi connectivity index (χ3v) is 4.10. The molecule has 100 valence electrons. The van der Waals surface area contributed by atoms with Gasteiger partial charge in [0.1, 0.15) is 5.82 Å². The van der Waals surface area contributed by atoms with Crippen LogP contribution in [0.25, 0.3) is 11.0 Å². The van der Waals surface area contributed by atoms with E-state index in [0.29, 0.717) is 0 Å². The van der Waals surface area contributed by atoms with Gasteiger partial charge in [-0.25, -0.2) is 4.98 Å². The molecule has 3 nitrogen and oxygen atoms in total. The molecule has 2 aromatic carbocycles. The highest BCUT2D eigenvalue weighted by Crippen LogP contribution is 2.26. The van der Waals surface area contributed by atoms with Gasteiger partial charge in [0.05, 0.1) is 11.0 Å². The van der Waals surface area contributed by atoms with Crippen molar-refractivity contribution >= 4 is 16.7 Å². The number of aromatic amines is 1. The predicted octanol–water partition coefficient (Wildman–Crippen LogP) is 3.22. The number of H-pyrrole nitrogens is 1. The highest BCUT2D eigenvalue weighted by atomic mass is 14.9. The predicted molar refractivity (Wildman–Crippen MR) is 81.8 cm³/mol. The number of aryl methyl sites for hydroxylation is 2. The first-order valence-electron chi connectivity index (χ1n) is 7.13. The summed E-state index contributed by atoms with van der Waals surface area (Å²) < 4.78 is 0. The maximum atomic E-state index is 5.71. The van der Waals surface area contributed by atoms with Crippen LogP contribution in [0.3, 0.4) is 0 Å². The molecule has 0 amide bonds. The molecule has 0 aliphatic heterocycles. The van der Waals surface area contributed by atoms with Gasteiger partial charge in [-0.2, -0.15) is 0 Å². The Kier molecular flexibility index (Phi) is 2.52. The van der Waals surface area contributed by atoms with E-state index in [0.717, 1.165) is 29.0 Å². The Morgan fingerprint density at radius 2 is 1.80 bits per heavy atom. The van der Waals surface area contributed by atoms with Gasteiger partial charge in [-0.15, -0.1) is 0 Å². The molecule has 3 aromatic rings. The van der Waals surface area contributed by atoms with Crippen LogP contribution < -0.4 is 5.73 Å². The lowest BCUT2D eigenvalue weighted by atomic mass is 10.1. The summed E-state index contributed by atoms with van der Waals surface area (Å²) in [6.07, 6.45) is 4.50. The number of aromatic nitrogens is 2. The lowest BCUT2D eigenvalue weighted by Gasteiger charge is -1.98. The van der Waals surface area contributed by atoms with Crippen molar-refractivity contribution in [2.24, 2.45) is 0 Å². The third kappa shape index (κ3) is 1.95. The first kappa shape index (κ1) is 11.5. The first-order chi connectivity index (χ1) is 9.78. The van der Waals surface area contributed by atoms with E-state index in [1.165, 1.54) is 36.0 Å². The van der Waals surface area contributed by atoms with Crippen molar-refractivity contribution in [2.45, 2.75) is 25.7 Å². The Morgan fingerprint density at radius 3 is 2.60 bits per heavy atom. The molecule has 4 rings (SSSR count). The second kappa shape index (κ2) is 4.37. The number of fused-ring (bicyclic) bond motifs is 2. The SMILES string of the molecule is Nc1ccc(Cc2nc3cc4c(cc3[nH]2)CCC4)cc1. The van der Waals surface area contributed by atoms with Crippen molar-refractivity contribution in [3.63, 3.8) is 0 Å². The lowest BCUT2D eigenvalue weighted by Crippen LogP contribution is -1.91. The van der Waals surface area contributed by atoms with Gasteiger partial charge in [0, 0.05) is 12.1 Å². The van der Waals surface area contributed by atoms with Crippen LogP contribution in [0.5, 0.6) is 0 Å². The van der Waals surface area contributed by atoms with Gasteiger partial charge in [-0.05, 0) is 60.2 Å². The minimum Gasteiger partial charge on any atom is -0.399 e. The van der Waals surface area contributed by atoms with Crippen LogP contribution in [0.2, 0.25) is 0 Å². The molecule has 1 aliphatic rings. The van der Waals surface area contributed by atoms with Gasteiger partial charge in [-0.1, -0.05) is 12.1 Å². The molecular weight excluding hydrogens is 246 g/mol. The van der Waals surface area contributed by atoms with Gasteiger partial charge in [0.2, 0.25) is 0 Å². The number of imidazole rings is 1. The molecule has 0 bridgehead atoms. The maximum absolute atomic E-state index is 5.71. The molecule has 0 fully saturated rings. The van der Waals surface area contributed by atoms with Gasteiger partial charge in [0.15, 0.2) is 0 Å². The zero-order valence-electron chi connectivity index (χ0n) is 11.3. The monoisotopic (exact) mass is 263 g/mol. The van der Waals surface area contributed by atoms with E-state index in [9.17, 15) is 0 Å². The summed E-state index contributed by atoms with van der Waals surface area (Å²) in [5.74, 6) is 1.02. The Labute approximate surface area is 117 Å². The third-order valence-electron chi connectivity index (χ3n) is 4.10. The standard InChI is InChI=1S/C17H17N3/c18-14-6-4-11(5-7-14)8-17-19-15-9-12-2-1-3-13(12)10-16(15)20-17/h4-7,9-10H,1-3,8,18H2,(H,19,20). The Balaban J connectivity index is 1.69. The molecule has 3 N–H and O–H groups in total. The fourth-order valence-corrected chi connectivity index (χ4v) is 3.05. The summed E-state index contributed by atoms with van der Waals surface area (Å²) in [6, 6.07) is 12.5. The lowest BCUT2D eigenvalue weighted by molar-refractivity contribution is 0.911. The van der Waals surface area contributed by atoms with E-state index in [2.05, 4.69) is 29.2 Å². The topological polar surface area (TPSA) is 54.7 Å². The Morgan fingerprint density at radius 1 is 1.05 bits per heavy atom. The van der Waals surface area contributed by atoms with Gasteiger partial charge in [0.25, 0.3) is 0 Å². The minimum absolute atomic E-state index is 0.801. The summed E-state index contributed by atoms with van der Waals surface area (Å²) in [7, 11) is 0. The molecule has 20 heavy (non-hydrogen) atoms. The fraction of sp³-hybridized carbons (Fsp3) is 0.235. The molecule has 3 heteroatoms. The van der Waals surface area contributed by atoms with Crippen LogP contribution in [0, 0.1) is 0 Å². The van der Waals surface area contributed by atoms with E-state index in [1.54, 1.807) is 0 Å². The van der Waals surface area contributed by atoms with Crippen molar-refractivity contribution in [1.29, 1.82) is 0 Å². The van der Waals surface area contributed by atoms with Crippen LogP contribution in [0.1, 0.15) is 28.9 Å². The van der Waals surface area contributed by atoms with E-state index in [4.69, 9.17) is 10.7 Å². The number of nitrogen functional groups attached to an aromatic ring is 1. The summed E-state index contributed by atoms with van der Waals surface area (Å²) >= 11 is 0. The van der Waals surface area contributed by atoms with Crippen molar-refractivity contribution < 1.29 is 0 Å². The van der Waals surface area contributed by atoms with Gasteiger partial charge in [-0.3, -0.25) is 0 Å². The normalized spacial score (nSPS) is 13.8. The molecule has 0 spiro atoms. The summed E-state index contributed by atoms with van der Waals surface area (Å²) in [5, 5.41) is 0. The van der Waals surface area contributed by atoms with Crippen LogP contribution in [0.4, 0.5) is 5.69 Å². The average Bonchev–Trinajstić information content (AvgIpc) is 3.03. The summed E-state index contributed by atoms with van der Waals surface area (Å²) in [4.78, 5) is 8.17. The largest absolute Gasteiger partial charge is 0.399 e. The van der Waals surface area contributed by atoms with E-state index < -0.39 is 0 Å². The van der Waals surface area contributed by atoms with Gasteiger partial charge >= 0.3 is 0 Å². The van der Waals surface area contributed by atoms with Crippen LogP contribution >= 0.6 is 0 Å². The second-order valence-electron chi connectivity index (χ2n) is 5.59. The molecule has 0 saturated heterocycles. The number of nitrogens with zero attached hydrogens (tertiary/aromatic N) is 1. The number of nitrogens with two attached hydrogens (primary N) is 1. The zero-order valence-corrected chi connectivity index (χ0v) is 11.3. The minimum atomic E-state index is 0.801.